The van der Waals surface area contributed by atoms with E-state index in [2.05, 4.69) is 15.0 Å². The van der Waals surface area contributed by atoms with Gasteiger partial charge in [0.1, 0.15) is 18.8 Å². The molecule has 1 aromatic carbocycles. The Morgan fingerprint density at radius 3 is 2.89 bits per heavy atom. The smallest absolute Gasteiger partial charge is 0.279 e. The molecule has 0 fully saturated rings. The Bertz CT molecular complexity index is 761. The van der Waals surface area contributed by atoms with Crippen molar-refractivity contribution in [3.63, 3.8) is 0 Å². The van der Waals surface area contributed by atoms with Crippen molar-refractivity contribution in [2.24, 2.45) is 0 Å². The van der Waals surface area contributed by atoms with Gasteiger partial charge in [-0.1, -0.05) is 30.3 Å². The number of fused-ring (bicyclic) bond motifs is 1. The standard InChI is InChI=1S/C13H12N4O2/c1-9-15-12-11(13(18)16-9)14-8-17(12)19-7-10-5-3-2-4-6-10/h2-6,8H,7H2,1H3,(H,15,16,18). The van der Waals surface area contributed by atoms with Gasteiger partial charge in [-0.2, -0.15) is 4.73 Å². The van der Waals surface area contributed by atoms with Crippen LogP contribution in [0.15, 0.2) is 41.5 Å². The van der Waals surface area contributed by atoms with Crippen LogP contribution in [0.5, 0.6) is 0 Å². The fourth-order valence-electron chi connectivity index (χ4n) is 1.81. The summed E-state index contributed by atoms with van der Waals surface area (Å²) < 4.78 is 1.42. The van der Waals surface area contributed by atoms with Crippen molar-refractivity contribution in [1.29, 1.82) is 0 Å². The van der Waals surface area contributed by atoms with Crippen molar-refractivity contribution in [3.05, 3.63) is 58.4 Å². The molecule has 0 saturated heterocycles. The van der Waals surface area contributed by atoms with E-state index in [4.69, 9.17) is 4.84 Å². The first-order valence-corrected chi connectivity index (χ1v) is 5.85. The van der Waals surface area contributed by atoms with Crippen LogP contribution in [0.4, 0.5) is 0 Å². The Morgan fingerprint density at radius 1 is 1.32 bits per heavy atom. The molecule has 0 unspecified atom stereocenters. The van der Waals surface area contributed by atoms with Crippen LogP contribution in [0, 0.1) is 6.92 Å². The van der Waals surface area contributed by atoms with Crippen LogP contribution < -0.4 is 10.4 Å². The van der Waals surface area contributed by atoms with E-state index in [9.17, 15) is 4.79 Å². The van der Waals surface area contributed by atoms with E-state index in [0.717, 1.165) is 5.56 Å². The predicted octanol–water partition coefficient (Wildman–Crippen LogP) is 1.06. The lowest BCUT2D eigenvalue weighted by atomic mass is 10.2. The number of rotatable bonds is 3. The second-order valence-corrected chi connectivity index (χ2v) is 4.15. The van der Waals surface area contributed by atoms with Crippen molar-refractivity contribution in [1.82, 2.24) is 19.7 Å². The van der Waals surface area contributed by atoms with Crippen LogP contribution in [0.2, 0.25) is 0 Å². The second-order valence-electron chi connectivity index (χ2n) is 4.15. The molecule has 0 aliphatic heterocycles. The Morgan fingerprint density at radius 2 is 2.11 bits per heavy atom. The first kappa shape index (κ1) is 11.5. The minimum atomic E-state index is -0.260. The van der Waals surface area contributed by atoms with Gasteiger partial charge in [-0.05, 0) is 12.5 Å². The average molecular weight is 256 g/mol. The van der Waals surface area contributed by atoms with E-state index in [1.165, 1.54) is 11.1 Å². The summed E-state index contributed by atoms with van der Waals surface area (Å²) in [5, 5.41) is 0. The van der Waals surface area contributed by atoms with Crippen LogP contribution in [0.3, 0.4) is 0 Å². The van der Waals surface area contributed by atoms with Crippen LogP contribution in [-0.2, 0) is 6.61 Å². The maximum atomic E-state index is 11.7. The molecule has 0 radical (unpaired) electrons. The van der Waals surface area contributed by atoms with E-state index in [0.29, 0.717) is 18.1 Å². The normalized spacial score (nSPS) is 10.8. The number of aromatic nitrogens is 4. The molecule has 0 aliphatic rings. The number of aryl methyl sites for hydroxylation is 1. The molecule has 96 valence electrons. The molecule has 0 spiro atoms. The molecule has 0 atom stereocenters. The van der Waals surface area contributed by atoms with Crippen LogP contribution in [-0.4, -0.2) is 19.7 Å². The van der Waals surface area contributed by atoms with Crippen LogP contribution >= 0.6 is 0 Å². The molecule has 0 bridgehead atoms. The lowest BCUT2D eigenvalue weighted by molar-refractivity contribution is 0.105. The summed E-state index contributed by atoms with van der Waals surface area (Å²) in [6.45, 7) is 2.11. The van der Waals surface area contributed by atoms with Gasteiger partial charge >= 0.3 is 0 Å². The van der Waals surface area contributed by atoms with Crippen molar-refractivity contribution in [2.45, 2.75) is 13.5 Å². The number of nitrogens with one attached hydrogen (secondary N) is 1. The molecule has 2 heterocycles. The molecular weight excluding hydrogens is 244 g/mol. The molecular formula is C13H12N4O2. The lowest BCUT2D eigenvalue weighted by Gasteiger charge is -2.06. The number of hydrogen-bond acceptors (Lipinski definition) is 4. The first-order valence-electron chi connectivity index (χ1n) is 5.85. The molecule has 6 nitrogen and oxygen atoms in total. The highest BCUT2D eigenvalue weighted by Gasteiger charge is 2.09. The van der Waals surface area contributed by atoms with E-state index >= 15 is 0 Å². The van der Waals surface area contributed by atoms with E-state index in [-0.39, 0.29) is 11.1 Å². The number of imidazole rings is 1. The molecule has 2 aromatic heterocycles. The minimum Gasteiger partial charge on any atom is -0.406 e. The molecule has 1 N–H and O–H groups in total. The summed E-state index contributed by atoms with van der Waals surface area (Å²) in [4.78, 5) is 28.1. The molecule has 0 amide bonds. The van der Waals surface area contributed by atoms with Crippen molar-refractivity contribution >= 4 is 11.2 Å². The number of H-pyrrole nitrogens is 1. The van der Waals surface area contributed by atoms with Crippen LogP contribution in [0.25, 0.3) is 11.2 Å². The topological polar surface area (TPSA) is 72.8 Å². The van der Waals surface area contributed by atoms with Gasteiger partial charge in [-0.3, -0.25) is 4.79 Å². The number of hydrogen-bond donors (Lipinski definition) is 1. The van der Waals surface area contributed by atoms with Gasteiger partial charge in [0.05, 0.1) is 0 Å². The maximum Gasteiger partial charge on any atom is 0.279 e. The molecule has 19 heavy (non-hydrogen) atoms. The summed E-state index contributed by atoms with van der Waals surface area (Å²) in [5.74, 6) is 0.530. The van der Waals surface area contributed by atoms with Gasteiger partial charge in [0.15, 0.2) is 5.52 Å². The molecule has 3 aromatic rings. The fourth-order valence-corrected chi connectivity index (χ4v) is 1.81. The summed E-state index contributed by atoms with van der Waals surface area (Å²) >= 11 is 0. The summed E-state index contributed by atoms with van der Waals surface area (Å²) in [5.41, 5.74) is 1.48. The maximum absolute atomic E-state index is 11.7. The third kappa shape index (κ3) is 2.20. The van der Waals surface area contributed by atoms with E-state index in [1.54, 1.807) is 6.92 Å². The zero-order valence-corrected chi connectivity index (χ0v) is 10.3. The Balaban J connectivity index is 1.92. The Hall–Kier alpha value is -2.63. The fraction of sp³-hybridized carbons (Fsp3) is 0.154. The van der Waals surface area contributed by atoms with E-state index < -0.39 is 0 Å². The van der Waals surface area contributed by atoms with Gasteiger partial charge in [-0.15, -0.1) is 0 Å². The van der Waals surface area contributed by atoms with Crippen molar-refractivity contribution in [3.8, 4) is 0 Å². The third-order valence-electron chi connectivity index (χ3n) is 2.71. The summed E-state index contributed by atoms with van der Waals surface area (Å²) in [6.07, 6.45) is 1.45. The highest BCUT2D eigenvalue weighted by molar-refractivity contribution is 5.68. The molecule has 0 saturated carbocycles. The zero-order valence-electron chi connectivity index (χ0n) is 10.3. The number of benzene rings is 1. The highest BCUT2D eigenvalue weighted by atomic mass is 16.7. The molecule has 3 rings (SSSR count). The van der Waals surface area contributed by atoms with Crippen molar-refractivity contribution in [2.75, 3.05) is 0 Å². The number of aromatic amines is 1. The highest BCUT2D eigenvalue weighted by Crippen LogP contribution is 2.05. The summed E-state index contributed by atoms with van der Waals surface area (Å²) in [6, 6.07) is 9.76. The van der Waals surface area contributed by atoms with Crippen LogP contribution in [0.1, 0.15) is 11.4 Å². The second kappa shape index (κ2) is 4.56. The van der Waals surface area contributed by atoms with Gasteiger partial charge in [0.25, 0.3) is 5.56 Å². The first-order chi connectivity index (χ1) is 9.24. The SMILES string of the molecule is Cc1nc2c(ncn2OCc2ccccc2)c(=O)[nH]1. The van der Waals surface area contributed by atoms with Gasteiger partial charge in [0.2, 0.25) is 5.65 Å². The Kier molecular flexibility index (Phi) is 2.75. The lowest BCUT2D eigenvalue weighted by Crippen LogP contribution is -2.14. The van der Waals surface area contributed by atoms with Gasteiger partial charge in [-0.25, -0.2) is 9.97 Å². The molecule has 6 heteroatoms. The van der Waals surface area contributed by atoms with Gasteiger partial charge < -0.3 is 9.82 Å². The largest absolute Gasteiger partial charge is 0.406 e. The monoisotopic (exact) mass is 256 g/mol. The average Bonchev–Trinajstić information content (AvgIpc) is 2.81. The predicted molar refractivity (Wildman–Crippen MR) is 69.6 cm³/mol. The minimum absolute atomic E-state index is 0.260. The Labute approximate surface area is 108 Å². The third-order valence-corrected chi connectivity index (χ3v) is 2.71. The quantitative estimate of drug-likeness (QED) is 0.760. The number of nitrogens with zero attached hydrogens (tertiary/aromatic N) is 3. The van der Waals surface area contributed by atoms with E-state index in [1.807, 2.05) is 30.3 Å². The van der Waals surface area contributed by atoms with Crippen molar-refractivity contribution < 1.29 is 4.84 Å². The molecule has 0 aliphatic carbocycles. The zero-order chi connectivity index (χ0) is 13.2. The summed E-state index contributed by atoms with van der Waals surface area (Å²) in [7, 11) is 0. The van der Waals surface area contributed by atoms with Gasteiger partial charge in [0, 0.05) is 0 Å².